The molecular weight excluding hydrogens is 248 g/mol. The fraction of sp³-hybridized carbons (Fsp3) is 0. The number of rotatable bonds is 0. The Kier molecular flexibility index (Phi) is 53.1. The first kappa shape index (κ1) is 15.8. The van der Waals surface area contributed by atoms with Gasteiger partial charge in [0.2, 0.25) is 0 Å². The maximum absolute atomic E-state index is 8.50. The summed E-state index contributed by atoms with van der Waals surface area (Å²) in [6, 6.07) is 0. The Morgan fingerprint density at radius 3 is 1.20 bits per heavy atom. The van der Waals surface area contributed by atoms with Gasteiger partial charge in [-0.3, -0.25) is 0 Å². The zero-order valence-electron chi connectivity index (χ0n) is 1.82. The summed E-state index contributed by atoms with van der Waals surface area (Å²) in [5.41, 5.74) is 0. The second-order valence-corrected chi connectivity index (χ2v) is 0.344. The van der Waals surface area contributed by atoms with E-state index in [1.165, 1.54) is 0 Å². The van der Waals surface area contributed by atoms with Crippen LogP contribution in [0, 0.1) is 41.7 Å². The minimum atomic E-state index is -2.00. The van der Waals surface area contributed by atoms with E-state index in [9.17, 15) is 0 Å². The van der Waals surface area contributed by atoms with Crippen molar-refractivity contribution in [2.45, 2.75) is 0 Å². The minimum Gasteiger partial charge on any atom is -0.0149 e. The Morgan fingerprint density at radius 2 is 1.20 bits per heavy atom. The van der Waals surface area contributed by atoms with E-state index in [-0.39, 0.29) is 52.7 Å². The minimum absolute atomic E-state index is 0. The first-order chi connectivity index (χ1) is 1.41. The van der Waals surface area contributed by atoms with Crippen LogP contribution in [0.3, 0.4) is 0 Å². The molecule has 0 spiro atoms. The Morgan fingerprint density at radius 1 is 1.20 bits per heavy atom. The van der Waals surface area contributed by atoms with Crippen molar-refractivity contribution in [3.05, 3.63) is 0 Å². The first-order valence-corrected chi connectivity index (χ1v) is 1.68. The van der Waals surface area contributed by atoms with Crippen molar-refractivity contribution >= 4 is 11.0 Å². The zero-order chi connectivity index (χ0) is 2.71. The molecule has 0 aliphatic carbocycles. The van der Waals surface area contributed by atoms with Crippen LogP contribution in [-0.2, 0) is 25.7 Å². The van der Waals surface area contributed by atoms with Gasteiger partial charge in [-0.2, -0.15) is 0 Å². The van der Waals surface area contributed by atoms with E-state index in [4.69, 9.17) is 6.65 Å². The summed E-state index contributed by atoms with van der Waals surface area (Å²) in [5, 5.41) is 0. The third-order valence-corrected chi connectivity index (χ3v) is 0. The Balaban J connectivity index is -0.0000000200. The molecule has 0 aromatic carbocycles. The molecule has 0 fully saturated rings. The molecule has 0 aromatic heterocycles. The summed E-state index contributed by atoms with van der Waals surface area (Å²) in [4.78, 5) is 0. The molecule has 5 heavy (non-hydrogen) atoms. The largest absolute Gasteiger partial charge is 0.0149 e. The van der Waals surface area contributed by atoms with Crippen LogP contribution >= 0.6 is 0 Å². The summed E-state index contributed by atoms with van der Waals surface area (Å²) in [6.07, 6.45) is 0. The molecule has 0 saturated heterocycles. The van der Waals surface area contributed by atoms with Gasteiger partial charge in [-0.1, -0.05) is 0 Å². The van der Waals surface area contributed by atoms with Crippen LogP contribution in [0.15, 0.2) is 0 Å². The van der Waals surface area contributed by atoms with Crippen LogP contribution in [0.1, 0.15) is 0 Å². The van der Waals surface area contributed by atoms with E-state index >= 15 is 0 Å². The monoisotopic (exact) mass is 252 g/mol. The molecule has 28 valence electrons. The zero-order valence-corrected chi connectivity index (χ0v) is 6.52. The van der Waals surface area contributed by atoms with Gasteiger partial charge in [0.15, 0.2) is 0 Å². The summed E-state index contributed by atoms with van der Waals surface area (Å²) in [5.74, 6) is 0. The standard InChI is InChI=1S/Ce.2O.H4Si.Ti/h;;;1H4;. The van der Waals surface area contributed by atoms with Gasteiger partial charge in [0, 0.05) is 41.7 Å². The van der Waals surface area contributed by atoms with E-state index in [1.807, 2.05) is 0 Å². The van der Waals surface area contributed by atoms with Crippen molar-refractivity contribution in [2.75, 3.05) is 0 Å². The van der Waals surface area contributed by atoms with Crippen LogP contribution in [0.2, 0.25) is 0 Å². The maximum atomic E-state index is 8.50. The van der Waals surface area contributed by atoms with Crippen LogP contribution < -0.4 is 0 Å². The fourth-order valence-electron chi connectivity index (χ4n) is 0. The predicted molar refractivity (Wildman–Crippen MR) is 12.7 cm³/mol. The van der Waals surface area contributed by atoms with E-state index in [0.29, 0.717) is 0 Å². The van der Waals surface area contributed by atoms with Crippen LogP contribution in [-0.4, -0.2) is 11.0 Å². The fourth-order valence-corrected chi connectivity index (χ4v) is 0. The molecule has 0 rings (SSSR count). The summed E-state index contributed by atoms with van der Waals surface area (Å²) >= 11 is -2.00. The van der Waals surface area contributed by atoms with Gasteiger partial charge < -0.3 is 0 Å². The number of hydrogen-bond acceptors (Lipinski definition) is 2. The van der Waals surface area contributed by atoms with Crippen molar-refractivity contribution in [3.63, 3.8) is 0 Å². The second kappa shape index (κ2) is 16.8. The molecular formula is H4CeO2SiTi. The van der Waals surface area contributed by atoms with Crippen LogP contribution in [0.4, 0.5) is 0 Å². The van der Waals surface area contributed by atoms with Crippen molar-refractivity contribution < 1.29 is 67.5 Å². The van der Waals surface area contributed by atoms with Gasteiger partial charge in [-0.25, -0.2) is 0 Å². The molecule has 0 bridgehead atoms. The molecule has 0 amide bonds. The Hall–Kier alpha value is 1.91. The normalized spacial score (nSPS) is 1.60. The average molecular weight is 252 g/mol. The van der Waals surface area contributed by atoms with Gasteiger partial charge in [0.05, 0.1) is 0 Å². The summed E-state index contributed by atoms with van der Waals surface area (Å²) in [7, 11) is 0. The molecule has 0 radical (unpaired) electrons. The molecule has 5 heteroatoms. The SMILES string of the molecule is [Ce].[O]=[Ti]=[O].[SiH4]. The van der Waals surface area contributed by atoms with E-state index in [1.54, 1.807) is 0 Å². The van der Waals surface area contributed by atoms with Gasteiger partial charge in [-0.05, 0) is 11.0 Å². The smallest absolute Gasteiger partial charge is 0.0149 e. The molecule has 0 atom stereocenters. The third-order valence-electron chi connectivity index (χ3n) is 0. The van der Waals surface area contributed by atoms with Crippen molar-refractivity contribution in [3.8, 4) is 0 Å². The Labute approximate surface area is 77.1 Å². The van der Waals surface area contributed by atoms with Crippen LogP contribution in [0.5, 0.6) is 0 Å². The Bertz CT molecular complexity index is 30.6. The van der Waals surface area contributed by atoms with Crippen LogP contribution in [0.25, 0.3) is 0 Å². The number of hydrogen-bond donors (Lipinski definition) is 0. The molecule has 0 N–H and O–H groups in total. The molecule has 0 aliphatic rings. The predicted octanol–water partition coefficient (Wildman–Crippen LogP) is -1.69. The summed E-state index contributed by atoms with van der Waals surface area (Å²) in [6.45, 7) is 0. The molecule has 0 saturated carbocycles. The van der Waals surface area contributed by atoms with Gasteiger partial charge in [0.25, 0.3) is 0 Å². The van der Waals surface area contributed by atoms with Crippen molar-refractivity contribution in [1.29, 1.82) is 0 Å². The van der Waals surface area contributed by atoms with E-state index in [2.05, 4.69) is 0 Å². The maximum Gasteiger partial charge on any atom is -0.0149 e. The quantitative estimate of drug-likeness (QED) is 0.482. The first-order valence-electron chi connectivity index (χ1n) is 0.408. The third kappa shape index (κ3) is 24.8. The summed E-state index contributed by atoms with van der Waals surface area (Å²) < 4.78 is 17.0. The van der Waals surface area contributed by atoms with Gasteiger partial charge >= 0.3 is 25.7 Å². The van der Waals surface area contributed by atoms with Crippen molar-refractivity contribution in [1.82, 2.24) is 0 Å². The average Bonchev–Trinajstić information content (AvgIpc) is 0.918. The molecule has 2 nitrogen and oxygen atoms in total. The van der Waals surface area contributed by atoms with Gasteiger partial charge in [-0.15, -0.1) is 0 Å². The molecule has 0 unspecified atom stereocenters. The molecule has 0 heterocycles. The molecule has 0 aromatic rings. The molecule has 0 aliphatic heterocycles. The van der Waals surface area contributed by atoms with Gasteiger partial charge in [0.1, 0.15) is 0 Å². The van der Waals surface area contributed by atoms with E-state index < -0.39 is 19.1 Å². The van der Waals surface area contributed by atoms with E-state index in [0.717, 1.165) is 0 Å². The van der Waals surface area contributed by atoms with Crippen molar-refractivity contribution in [2.24, 2.45) is 0 Å². The second-order valence-electron chi connectivity index (χ2n) is 0.0833. The topological polar surface area (TPSA) is 34.1 Å².